The molecule has 0 aliphatic carbocycles. The summed E-state index contributed by atoms with van der Waals surface area (Å²) in [5.74, 6) is 1.09. The summed E-state index contributed by atoms with van der Waals surface area (Å²) < 4.78 is 37.0. The number of aromatic nitrogens is 2. The van der Waals surface area contributed by atoms with Gasteiger partial charge in [0.25, 0.3) is 0 Å². The van der Waals surface area contributed by atoms with E-state index in [0.29, 0.717) is 61.4 Å². The maximum Gasteiger partial charge on any atom is 0.414 e. The number of halogens is 1. The van der Waals surface area contributed by atoms with Crippen LogP contribution in [-0.2, 0) is 4.74 Å². The molecule has 2 unspecified atom stereocenters. The Morgan fingerprint density at radius 2 is 2.03 bits per heavy atom. The molecule has 3 aromatic rings. The fraction of sp³-hybridized carbons (Fsp3) is 0.423. The Hall–Kier alpha value is -3.70. The molecule has 3 aliphatic rings. The minimum atomic E-state index is -1.14. The van der Waals surface area contributed by atoms with Gasteiger partial charge in [-0.15, -0.1) is 0 Å². The van der Waals surface area contributed by atoms with Crippen LogP contribution in [0.1, 0.15) is 18.1 Å². The molecule has 0 radical (unpaired) electrons. The van der Waals surface area contributed by atoms with Crippen LogP contribution in [0.3, 0.4) is 0 Å². The molecule has 1 N–H and O–H groups in total. The van der Waals surface area contributed by atoms with Gasteiger partial charge in [-0.1, -0.05) is 0 Å². The number of pyridine rings is 2. The minimum Gasteiger partial charge on any atom is -0.486 e. The number of piperidine rings is 1. The Kier molecular flexibility index (Phi) is 6.17. The highest BCUT2D eigenvalue weighted by atomic mass is 19.1. The highest BCUT2D eigenvalue weighted by Gasteiger charge is 2.40. The number of carbonyl (C=O) groups is 1. The largest absolute Gasteiger partial charge is 0.486 e. The van der Waals surface area contributed by atoms with Gasteiger partial charge in [0.2, 0.25) is 5.88 Å². The number of hydrogen-bond acceptors (Lipinski definition) is 9. The van der Waals surface area contributed by atoms with Gasteiger partial charge >= 0.3 is 6.09 Å². The molecule has 10 nitrogen and oxygen atoms in total. The third-order valence-corrected chi connectivity index (χ3v) is 7.16. The Balaban J connectivity index is 1.14. The number of anilines is 1. The third kappa shape index (κ3) is 4.49. The smallest absolute Gasteiger partial charge is 0.414 e. The number of aliphatic hydroxyl groups excluding tert-OH is 1. The van der Waals surface area contributed by atoms with E-state index in [-0.39, 0.29) is 29.6 Å². The van der Waals surface area contributed by atoms with Crippen molar-refractivity contribution in [1.29, 1.82) is 0 Å². The zero-order valence-electron chi connectivity index (χ0n) is 20.3. The quantitative estimate of drug-likeness (QED) is 0.555. The van der Waals surface area contributed by atoms with Crippen LogP contribution < -0.4 is 19.1 Å². The van der Waals surface area contributed by atoms with Gasteiger partial charge < -0.3 is 24.1 Å². The highest BCUT2D eigenvalue weighted by Crippen LogP contribution is 2.37. The zero-order chi connectivity index (χ0) is 25.5. The number of fused-ring (bicyclic) bond motifs is 3. The number of ether oxygens (including phenoxy) is 4. The lowest BCUT2D eigenvalue weighted by atomic mass is 9.91. The van der Waals surface area contributed by atoms with Gasteiger partial charge in [-0.3, -0.25) is 14.8 Å². The van der Waals surface area contributed by atoms with Gasteiger partial charge in [0.1, 0.15) is 30.7 Å². The molecule has 2 aromatic heterocycles. The molecule has 11 heteroatoms. The Morgan fingerprint density at radius 1 is 1.19 bits per heavy atom. The number of aliphatic hydroxyl groups is 1. The first kappa shape index (κ1) is 23.7. The molecule has 5 heterocycles. The molecular weight excluding hydrogens is 483 g/mol. The second kappa shape index (κ2) is 9.64. The second-order valence-corrected chi connectivity index (χ2v) is 9.43. The molecule has 0 bridgehead atoms. The Labute approximate surface area is 212 Å². The number of benzene rings is 1. The summed E-state index contributed by atoms with van der Waals surface area (Å²) in [7, 11) is 1.47. The zero-order valence-corrected chi connectivity index (χ0v) is 20.3. The Morgan fingerprint density at radius 3 is 2.86 bits per heavy atom. The van der Waals surface area contributed by atoms with Crippen LogP contribution in [-0.4, -0.2) is 78.7 Å². The second-order valence-electron chi connectivity index (χ2n) is 9.43. The average Bonchev–Trinajstić information content (AvgIpc) is 2.91. The van der Waals surface area contributed by atoms with Crippen molar-refractivity contribution in [2.75, 3.05) is 51.4 Å². The summed E-state index contributed by atoms with van der Waals surface area (Å²) in [6.07, 6.45) is -0.0364. The van der Waals surface area contributed by atoms with Gasteiger partial charge in [-0.2, -0.15) is 0 Å². The molecule has 1 amide bonds. The van der Waals surface area contributed by atoms with Gasteiger partial charge in [-0.25, -0.2) is 14.2 Å². The van der Waals surface area contributed by atoms with Crippen LogP contribution >= 0.6 is 0 Å². The predicted octanol–water partition coefficient (Wildman–Crippen LogP) is 2.93. The van der Waals surface area contributed by atoms with E-state index in [1.807, 2.05) is 11.0 Å². The SMILES string of the molecule is COc1ccc2ncc(F)c([C@@H](O)CN3CCC4CN(c5ccc6c(c5)OCCO6)C(=O)OC4C3)c2n1. The van der Waals surface area contributed by atoms with Crippen LogP contribution in [0.4, 0.5) is 14.9 Å². The summed E-state index contributed by atoms with van der Waals surface area (Å²) in [6, 6.07) is 8.76. The standard InChI is InChI=1S/C26H27FN4O6/c1-34-23-5-3-18-25(29-23)24(17(27)11-28-18)19(32)13-30-7-6-15-12-31(26(33)37-22(15)14-30)16-2-4-20-21(10-16)36-9-8-35-20/h2-5,10-11,15,19,22,32H,6-9,12-14H2,1H3/t15?,19-,22?/m0/s1. The molecule has 2 fully saturated rings. The van der Waals surface area contributed by atoms with Crippen molar-refractivity contribution >= 4 is 22.8 Å². The van der Waals surface area contributed by atoms with Crippen molar-refractivity contribution in [1.82, 2.24) is 14.9 Å². The lowest BCUT2D eigenvalue weighted by Gasteiger charge is -2.44. The van der Waals surface area contributed by atoms with Crippen molar-refractivity contribution < 1.29 is 33.2 Å². The van der Waals surface area contributed by atoms with Crippen LogP contribution in [0.5, 0.6) is 17.4 Å². The van der Waals surface area contributed by atoms with Gasteiger partial charge in [0, 0.05) is 43.2 Å². The van der Waals surface area contributed by atoms with Crippen molar-refractivity contribution in [2.24, 2.45) is 5.92 Å². The normalized spacial score (nSPS) is 22.4. The summed E-state index contributed by atoms with van der Waals surface area (Å²) in [5.41, 5.74) is 1.52. The first-order chi connectivity index (χ1) is 18.0. The van der Waals surface area contributed by atoms with Crippen molar-refractivity contribution in [3.63, 3.8) is 0 Å². The topological polar surface area (TPSA) is 106 Å². The monoisotopic (exact) mass is 510 g/mol. The molecule has 0 spiro atoms. The van der Waals surface area contributed by atoms with Crippen LogP contribution in [0.25, 0.3) is 11.0 Å². The number of rotatable bonds is 5. The Bertz CT molecular complexity index is 1340. The van der Waals surface area contributed by atoms with Crippen LogP contribution in [0.15, 0.2) is 36.5 Å². The summed E-state index contributed by atoms with van der Waals surface area (Å²) in [5, 5.41) is 11.0. The number of hydrogen-bond donors (Lipinski definition) is 1. The van der Waals surface area contributed by atoms with Gasteiger partial charge in [0.05, 0.1) is 30.6 Å². The van der Waals surface area contributed by atoms with E-state index < -0.39 is 18.0 Å². The fourth-order valence-electron chi connectivity index (χ4n) is 5.26. The molecule has 1 aromatic carbocycles. The predicted molar refractivity (Wildman–Crippen MR) is 131 cm³/mol. The van der Waals surface area contributed by atoms with Crippen molar-refractivity contribution in [3.05, 3.63) is 47.9 Å². The minimum absolute atomic E-state index is 0.0800. The molecule has 3 aliphatic heterocycles. The van der Waals surface area contributed by atoms with Crippen LogP contribution in [0, 0.1) is 11.7 Å². The molecule has 194 valence electrons. The van der Waals surface area contributed by atoms with Crippen molar-refractivity contribution in [2.45, 2.75) is 18.6 Å². The summed E-state index contributed by atoms with van der Waals surface area (Å²) >= 11 is 0. The first-order valence-corrected chi connectivity index (χ1v) is 12.3. The third-order valence-electron chi connectivity index (χ3n) is 7.16. The van der Waals surface area contributed by atoms with E-state index in [9.17, 15) is 14.3 Å². The summed E-state index contributed by atoms with van der Waals surface area (Å²) in [6.45, 7) is 2.78. The van der Waals surface area contributed by atoms with E-state index in [2.05, 4.69) is 9.97 Å². The molecule has 2 saturated heterocycles. The molecule has 3 atom stereocenters. The number of β-amino-alcohol motifs (C(OH)–C–C–N with tert-alkyl or cyclic N) is 1. The van der Waals surface area contributed by atoms with Crippen molar-refractivity contribution in [3.8, 4) is 17.4 Å². The lowest BCUT2D eigenvalue weighted by Crippen LogP contribution is -2.56. The number of nitrogens with zero attached hydrogens (tertiary/aromatic N) is 4. The highest BCUT2D eigenvalue weighted by molar-refractivity contribution is 5.89. The number of likely N-dealkylation sites (tertiary alicyclic amines) is 1. The summed E-state index contributed by atoms with van der Waals surface area (Å²) in [4.78, 5) is 24.9. The lowest BCUT2D eigenvalue weighted by molar-refractivity contribution is -0.0188. The fourth-order valence-corrected chi connectivity index (χ4v) is 5.26. The average molecular weight is 511 g/mol. The van der Waals surface area contributed by atoms with Gasteiger partial charge in [-0.05, 0) is 31.2 Å². The number of carbonyl (C=O) groups excluding carboxylic acids is 1. The first-order valence-electron chi connectivity index (χ1n) is 12.3. The number of methoxy groups -OCH3 is 1. The molecular formula is C26H27FN4O6. The van der Waals surface area contributed by atoms with E-state index in [1.165, 1.54) is 7.11 Å². The molecule has 6 rings (SSSR count). The maximum atomic E-state index is 14.8. The van der Waals surface area contributed by atoms with Gasteiger partial charge in [0.15, 0.2) is 11.5 Å². The van der Waals surface area contributed by atoms with Crippen LogP contribution in [0.2, 0.25) is 0 Å². The maximum absolute atomic E-state index is 14.8. The van der Waals surface area contributed by atoms with E-state index in [0.717, 1.165) is 12.6 Å². The number of amides is 1. The van der Waals surface area contributed by atoms with E-state index in [4.69, 9.17) is 18.9 Å². The van der Waals surface area contributed by atoms with E-state index in [1.54, 1.807) is 29.2 Å². The molecule has 37 heavy (non-hydrogen) atoms. The molecule has 0 saturated carbocycles. The van der Waals surface area contributed by atoms with E-state index >= 15 is 0 Å².